The highest BCUT2D eigenvalue weighted by Gasteiger charge is 2.49. The lowest BCUT2D eigenvalue weighted by molar-refractivity contribution is -0.123. The summed E-state index contributed by atoms with van der Waals surface area (Å²) >= 11 is 1.10. The highest BCUT2D eigenvalue weighted by Crippen LogP contribution is 2.37. The number of amides is 2. The van der Waals surface area contributed by atoms with Crippen LogP contribution in [-0.4, -0.2) is 52.2 Å². The minimum atomic E-state index is -4.80. The number of allylic oxidation sites excluding steroid dienone is 1. The zero-order chi connectivity index (χ0) is 21.6. The Morgan fingerprint density at radius 1 is 1.23 bits per heavy atom. The van der Waals surface area contributed by atoms with Gasteiger partial charge in [-0.15, -0.1) is 0 Å². The molecule has 0 atom stereocenters. The Morgan fingerprint density at radius 3 is 2.45 bits per heavy atom. The number of para-hydroxylation sites is 1. The average molecular weight is 455 g/mol. The Morgan fingerprint density at radius 2 is 1.87 bits per heavy atom. The van der Waals surface area contributed by atoms with Crippen LogP contribution in [0.5, 0.6) is 0 Å². The molecule has 3 heterocycles. The molecule has 4 N–H and O–H groups in total. The lowest BCUT2D eigenvalue weighted by atomic mass is 9.95. The molecule has 1 aromatic heterocycles. The molecule has 2 amide bonds. The molecule has 4 rings (SSSR count). The number of piperidine rings is 1. The number of likely N-dealkylation sites (tertiary alicyclic amines) is 1. The van der Waals surface area contributed by atoms with E-state index in [1.165, 1.54) is 6.92 Å². The van der Waals surface area contributed by atoms with E-state index < -0.39 is 29.3 Å². The molecule has 0 spiro atoms. The molecular formula is C19H20F3N5O3S. The quantitative estimate of drug-likeness (QED) is 0.713. The number of benzene rings is 1. The van der Waals surface area contributed by atoms with Crippen molar-refractivity contribution in [1.29, 1.82) is 0 Å². The number of aromatic nitrogens is 1. The molecule has 12 heteroatoms. The molecule has 1 fully saturated rings. The molecule has 166 valence electrons. The van der Waals surface area contributed by atoms with Crippen molar-refractivity contribution in [2.45, 2.75) is 25.9 Å². The number of carbonyl (C=O) groups excluding carboxylic acids is 2. The SMILES string of the molecule is C/C(=C1/C(=O)N(c2nc3ccccc3s2)N=C1C(F)(F)F)N1CCC(C(N)=O)CC1.O. The van der Waals surface area contributed by atoms with Crippen LogP contribution in [0.15, 0.2) is 40.6 Å². The lowest BCUT2D eigenvalue weighted by Gasteiger charge is -2.33. The van der Waals surface area contributed by atoms with Crippen molar-refractivity contribution in [3.63, 3.8) is 0 Å². The minimum Gasteiger partial charge on any atom is -0.412 e. The van der Waals surface area contributed by atoms with Gasteiger partial charge in [0.25, 0.3) is 5.91 Å². The van der Waals surface area contributed by atoms with E-state index in [1.54, 1.807) is 29.2 Å². The van der Waals surface area contributed by atoms with E-state index in [0.717, 1.165) is 21.0 Å². The predicted octanol–water partition coefficient (Wildman–Crippen LogP) is 2.21. The summed E-state index contributed by atoms with van der Waals surface area (Å²) in [6, 6.07) is 7.03. The van der Waals surface area contributed by atoms with Crippen LogP contribution >= 0.6 is 11.3 Å². The van der Waals surface area contributed by atoms with Crippen molar-refractivity contribution in [3.05, 3.63) is 35.5 Å². The van der Waals surface area contributed by atoms with Crippen LogP contribution in [0.3, 0.4) is 0 Å². The molecule has 31 heavy (non-hydrogen) atoms. The highest BCUT2D eigenvalue weighted by molar-refractivity contribution is 7.22. The largest absolute Gasteiger partial charge is 0.436 e. The Kier molecular flexibility index (Phi) is 6.05. The van der Waals surface area contributed by atoms with E-state index >= 15 is 0 Å². The van der Waals surface area contributed by atoms with E-state index in [-0.39, 0.29) is 22.2 Å². The number of nitrogens with two attached hydrogens (primary N) is 1. The molecule has 2 aliphatic heterocycles. The number of carbonyl (C=O) groups is 2. The number of halogens is 3. The van der Waals surface area contributed by atoms with Gasteiger partial charge in [0.05, 0.1) is 15.8 Å². The number of hydrogen-bond donors (Lipinski definition) is 1. The van der Waals surface area contributed by atoms with Gasteiger partial charge in [-0.05, 0) is 31.9 Å². The summed E-state index contributed by atoms with van der Waals surface area (Å²) in [6.07, 6.45) is -3.95. The molecule has 0 aliphatic carbocycles. The summed E-state index contributed by atoms with van der Waals surface area (Å²) in [4.78, 5) is 30.3. The van der Waals surface area contributed by atoms with E-state index in [1.807, 2.05) is 0 Å². The normalized spacial score (nSPS) is 19.5. The third-order valence-corrected chi connectivity index (χ3v) is 6.32. The van der Waals surface area contributed by atoms with Crippen molar-refractivity contribution in [1.82, 2.24) is 9.88 Å². The summed E-state index contributed by atoms with van der Waals surface area (Å²) in [7, 11) is 0. The van der Waals surface area contributed by atoms with Gasteiger partial charge >= 0.3 is 6.18 Å². The third kappa shape index (κ3) is 4.12. The van der Waals surface area contributed by atoms with Crippen molar-refractivity contribution >= 4 is 44.2 Å². The van der Waals surface area contributed by atoms with E-state index in [0.29, 0.717) is 31.4 Å². The number of thiazole rings is 1. The monoisotopic (exact) mass is 455 g/mol. The van der Waals surface area contributed by atoms with Crippen LogP contribution in [-0.2, 0) is 9.59 Å². The van der Waals surface area contributed by atoms with Gasteiger partial charge in [0.1, 0.15) is 0 Å². The number of primary amides is 1. The third-order valence-electron chi connectivity index (χ3n) is 5.31. The van der Waals surface area contributed by atoms with Crippen molar-refractivity contribution in [3.8, 4) is 0 Å². The van der Waals surface area contributed by atoms with Crippen LogP contribution < -0.4 is 10.7 Å². The summed E-state index contributed by atoms with van der Waals surface area (Å²) in [6.45, 7) is 2.14. The standard InChI is InChI=1S/C19H18F3N5O2S.H2O/c1-10(26-8-6-11(7-9-26)16(23)28)14-15(19(20,21)22)25-27(17(14)29)18-24-12-4-2-3-5-13(12)30-18;/h2-5,11H,6-9H2,1H3,(H2,23,28);1H2/b14-10-;. The van der Waals surface area contributed by atoms with Crippen molar-refractivity contribution < 1.29 is 28.2 Å². The summed E-state index contributed by atoms with van der Waals surface area (Å²) < 4.78 is 41.9. The van der Waals surface area contributed by atoms with Gasteiger partial charge in [0.2, 0.25) is 11.0 Å². The molecule has 1 aromatic carbocycles. The second kappa shape index (κ2) is 8.27. The average Bonchev–Trinajstić information content (AvgIpc) is 3.28. The number of fused-ring (bicyclic) bond motifs is 1. The molecule has 8 nitrogen and oxygen atoms in total. The maximum atomic E-state index is 13.7. The van der Waals surface area contributed by atoms with E-state index in [9.17, 15) is 22.8 Å². The zero-order valence-electron chi connectivity index (χ0n) is 16.4. The van der Waals surface area contributed by atoms with Crippen molar-refractivity contribution in [2.24, 2.45) is 16.8 Å². The first kappa shape index (κ1) is 22.7. The van der Waals surface area contributed by atoms with Gasteiger partial charge in [-0.25, -0.2) is 4.98 Å². The summed E-state index contributed by atoms with van der Waals surface area (Å²) in [5.41, 5.74) is 4.36. The number of rotatable bonds is 3. The summed E-state index contributed by atoms with van der Waals surface area (Å²) in [5, 5.41) is 4.42. The topological polar surface area (TPSA) is 123 Å². The Balaban J connectivity index is 0.00000272. The van der Waals surface area contributed by atoms with Crippen LogP contribution in [0, 0.1) is 5.92 Å². The highest BCUT2D eigenvalue weighted by atomic mass is 32.1. The predicted molar refractivity (Wildman–Crippen MR) is 110 cm³/mol. The maximum Gasteiger partial charge on any atom is 0.436 e. The number of anilines is 1. The van der Waals surface area contributed by atoms with Gasteiger partial charge in [0, 0.05) is 24.7 Å². The van der Waals surface area contributed by atoms with Crippen LogP contribution in [0.2, 0.25) is 0 Å². The van der Waals surface area contributed by atoms with E-state index in [2.05, 4.69) is 10.1 Å². The fraction of sp³-hybridized carbons (Fsp3) is 0.368. The van der Waals surface area contributed by atoms with Gasteiger partial charge in [0.15, 0.2) is 5.71 Å². The molecule has 0 unspecified atom stereocenters. The molecule has 0 radical (unpaired) electrons. The van der Waals surface area contributed by atoms with Crippen molar-refractivity contribution in [2.75, 3.05) is 18.1 Å². The first-order chi connectivity index (χ1) is 14.2. The first-order valence-corrected chi connectivity index (χ1v) is 10.1. The number of hydrogen-bond acceptors (Lipinski definition) is 6. The maximum absolute atomic E-state index is 13.7. The molecule has 0 saturated carbocycles. The number of hydrazone groups is 1. The minimum absolute atomic E-state index is 0. The molecule has 1 saturated heterocycles. The second-order valence-electron chi connectivity index (χ2n) is 7.15. The van der Waals surface area contributed by atoms with Crippen LogP contribution in [0.1, 0.15) is 19.8 Å². The van der Waals surface area contributed by atoms with Gasteiger partial charge in [-0.2, -0.15) is 23.3 Å². The van der Waals surface area contributed by atoms with Gasteiger partial charge in [-0.1, -0.05) is 23.5 Å². The second-order valence-corrected chi connectivity index (χ2v) is 8.16. The lowest BCUT2D eigenvalue weighted by Crippen LogP contribution is -2.39. The summed E-state index contributed by atoms with van der Waals surface area (Å²) in [5.74, 6) is -1.60. The first-order valence-electron chi connectivity index (χ1n) is 9.28. The van der Waals surface area contributed by atoms with Gasteiger partial charge in [-0.3, -0.25) is 9.59 Å². The van der Waals surface area contributed by atoms with Crippen LogP contribution in [0.25, 0.3) is 10.2 Å². The van der Waals surface area contributed by atoms with Gasteiger partial charge < -0.3 is 16.1 Å². The van der Waals surface area contributed by atoms with E-state index in [4.69, 9.17) is 5.73 Å². The molecular weight excluding hydrogens is 435 g/mol. The molecule has 0 bridgehead atoms. The Hall–Kier alpha value is -2.99. The smallest absolute Gasteiger partial charge is 0.412 e. The zero-order valence-corrected chi connectivity index (χ0v) is 17.3. The number of nitrogens with zero attached hydrogens (tertiary/aromatic N) is 4. The fourth-order valence-corrected chi connectivity index (χ4v) is 4.58. The molecule has 2 aliphatic rings. The number of alkyl halides is 3. The fourth-order valence-electron chi connectivity index (χ4n) is 3.66. The Bertz CT molecular complexity index is 1050. The van der Waals surface area contributed by atoms with Crippen LogP contribution in [0.4, 0.5) is 18.3 Å². The Labute approximate surface area is 179 Å². The molecule has 2 aromatic rings.